The second-order valence-electron chi connectivity index (χ2n) is 7.11. The topological polar surface area (TPSA) is 93.4 Å². The Morgan fingerprint density at radius 1 is 1.18 bits per heavy atom. The van der Waals surface area contributed by atoms with Crippen molar-refractivity contribution in [3.05, 3.63) is 65.0 Å². The van der Waals surface area contributed by atoms with E-state index in [0.717, 1.165) is 22.3 Å². The Kier molecular flexibility index (Phi) is 4.68. The molecule has 144 valence electrons. The summed E-state index contributed by atoms with van der Waals surface area (Å²) in [5, 5.41) is 14.2. The van der Waals surface area contributed by atoms with Crippen LogP contribution in [0.25, 0.3) is 11.0 Å². The summed E-state index contributed by atoms with van der Waals surface area (Å²) in [4.78, 5) is 16.8. The van der Waals surface area contributed by atoms with Gasteiger partial charge in [-0.2, -0.15) is 10.2 Å². The van der Waals surface area contributed by atoms with Gasteiger partial charge in [-0.1, -0.05) is 0 Å². The number of amides is 1. The maximum Gasteiger partial charge on any atom is 0.271 e. The van der Waals surface area contributed by atoms with Gasteiger partial charge in [0, 0.05) is 12.7 Å². The first-order valence-electron chi connectivity index (χ1n) is 9.23. The molecule has 0 bridgehead atoms. The lowest BCUT2D eigenvalue weighted by molar-refractivity contribution is 0.0947. The van der Waals surface area contributed by atoms with Crippen LogP contribution in [-0.2, 0) is 13.1 Å². The van der Waals surface area contributed by atoms with Crippen molar-refractivity contribution in [3.63, 3.8) is 0 Å². The number of carbonyl (C=O) groups is 1. The van der Waals surface area contributed by atoms with Crippen LogP contribution >= 0.6 is 0 Å². The quantitative estimate of drug-likeness (QED) is 0.539. The third-order valence-corrected chi connectivity index (χ3v) is 4.83. The zero-order valence-electron chi connectivity index (χ0n) is 16.2. The first-order chi connectivity index (χ1) is 13.5. The lowest BCUT2D eigenvalue weighted by Gasteiger charge is -2.04. The van der Waals surface area contributed by atoms with E-state index in [-0.39, 0.29) is 5.91 Å². The van der Waals surface area contributed by atoms with E-state index in [0.29, 0.717) is 25.3 Å². The molecule has 1 aromatic carbocycles. The first-order valence-corrected chi connectivity index (χ1v) is 9.23. The van der Waals surface area contributed by atoms with Gasteiger partial charge in [-0.15, -0.1) is 0 Å². The van der Waals surface area contributed by atoms with Crippen LogP contribution in [0.15, 0.2) is 36.9 Å². The van der Waals surface area contributed by atoms with Crippen LogP contribution in [0.2, 0.25) is 0 Å². The number of aryl methyl sites for hydroxylation is 3. The summed E-state index contributed by atoms with van der Waals surface area (Å²) in [6.07, 6.45) is 5.55. The van der Waals surface area contributed by atoms with Gasteiger partial charge in [0.1, 0.15) is 5.69 Å². The number of aromatic nitrogens is 6. The van der Waals surface area contributed by atoms with Gasteiger partial charge in [0.15, 0.2) is 0 Å². The molecule has 0 radical (unpaired) electrons. The Bertz CT molecular complexity index is 1130. The number of hydrogen-bond donors (Lipinski definition) is 2. The van der Waals surface area contributed by atoms with E-state index >= 15 is 0 Å². The molecule has 0 aliphatic carbocycles. The van der Waals surface area contributed by atoms with Crippen LogP contribution in [0.5, 0.6) is 0 Å². The van der Waals surface area contributed by atoms with E-state index in [9.17, 15) is 4.79 Å². The molecular weight excluding hydrogens is 354 g/mol. The predicted octanol–water partition coefficient (Wildman–Crippen LogP) is 2.36. The predicted molar refractivity (Wildman–Crippen MR) is 106 cm³/mol. The summed E-state index contributed by atoms with van der Waals surface area (Å²) in [6.45, 7) is 7.85. The summed E-state index contributed by atoms with van der Waals surface area (Å²) >= 11 is 0. The number of hydrogen-bond acceptors (Lipinski definition) is 4. The number of nitrogens with zero attached hydrogens (tertiary/aromatic N) is 5. The third-order valence-electron chi connectivity index (χ3n) is 4.83. The molecule has 2 N–H and O–H groups in total. The average molecular weight is 377 g/mol. The summed E-state index contributed by atoms with van der Waals surface area (Å²) < 4.78 is 3.86. The van der Waals surface area contributed by atoms with Gasteiger partial charge in [0.2, 0.25) is 0 Å². The molecular formula is C20H23N7O. The van der Waals surface area contributed by atoms with Gasteiger partial charge >= 0.3 is 0 Å². The molecule has 0 unspecified atom stereocenters. The minimum atomic E-state index is -0.201. The monoisotopic (exact) mass is 377 g/mol. The smallest absolute Gasteiger partial charge is 0.271 e. The number of imidazole rings is 1. The summed E-state index contributed by atoms with van der Waals surface area (Å²) in [5.41, 5.74) is 6.82. The Labute approximate surface area is 162 Å². The second kappa shape index (κ2) is 7.30. The Hall–Kier alpha value is -3.42. The largest absolute Gasteiger partial charge is 0.349 e. The number of nitrogens with one attached hydrogen (secondary N) is 2. The van der Waals surface area contributed by atoms with E-state index in [2.05, 4.69) is 56.1 Å². The number of fused-ring (bicyclic) bond motifs is 1. The van der Waals surface area contributed by atoms with E-state index < -0.39 is 0 Å². The molecule has 0 aliphatic rings. The molecule has 28 heavy (non-hydrogen) atoms. The summed E-state index contributed by atoms with van der Waals surface area (Å²) in [7, 11) is 0. The third kappa shape index (κ3) is 3.66. The first kappa shape index (κ1) is 18.0. The van der Waals surface area contributed by atoms with E-state index in [1.165, 1.54) is 11.1 Å². The second-order valence-corrected chi connectivity index (χ2v) is 7.11. The van der Waals surface area contributed by atoms with Crippen molar-refractivity contribution < 1.29 is 4.79 Å². The van der Waals surface area contributed by atoms with Crippen molar-refractivity contribution in [2.24, 2.45) is 0 Å². The zero-order chi connectivity index (χ0) is 19.7. The standard InChI is InChI=1S/C20H23N7O/c1-13-9-23-27(10-13)5-4-21-20(28)18-8-16(24-25-18)11-26-12-22-17-6-14(2)15(3)7-19(17)26/h6-10,12H,4-5,11H2,1-3H3,(H,21,28)(H,24,25). The lowest BCUT2D eigenvalue weighted by Crippen LogP contribution is -2.27. The molecule has 8 nitrogen and oxygen atoms in total. The van der Waals surface area contributed by atoms with Crippen molar-refractivity contribution in [3.8, 4) is 0 Å². The summed E-state index contributed by atoms with van der Waals surface area (Å²) in [5.74, 6) is -0.201. The van der Waals surface area contributed by atoms with E-state index in [1.54, 1.807) is 16.9 Å². The molecule has 0 atom stereocenters. The fraction of sp³-hybridized carbons (Fsp3) is 0.300. The van der Waals surface area contributed by atoms with Crippen molar-refractivity contribution in [1.82, 2.24) is 34.8 Å². The number of H-pyrrole nitrogens is 1. The number of rotatable bonds is 6. The molecule has 3 aromatic heterocycles. The van der Waals surface area contributed by atoms with E-state index in [4.69, 9.17) is 0 Å². The van der Waals surface area contributed by atoms with Crippen molar-refractivity contribution >= 4 is 16.9 Å². The van der Waals surface area contributed by atoms with Crippen molar-refractivity contribution in [1.29, 1.82) is 0 Å². The fourth-order valence-corrected chi connectivity index (χ4v) is 3.15. The Morgan fingerprint density at radius 2 is 2.00 bits per heavy atom. The maximum atomic E-state index is 12.3. The van der Waals surface area contributed by atoms with Crippen LogP contribution in [0, 0.1) is 20.8 Å². The fourth-order valence-electron chi connectivity index (χ4n) is 3.15. The number of benzene rings is 1. The molecule has 0 spiro atoms. The molecule has 1 amide bonds. The van der Waals surface area contributed by atoms with Crippen LogP contribution in [0.4, 0.5) is 0 Å². The highest BCUT2D eigenvalue weighted by Gasteiger charge is 2.12. The molecule has 8 heteroatoms. The van der Waals surface area contributed by atoms with Crippen molar-refractivity contribution in [2.45, 2.75) is 33.9 Å². The van der Waals surface area contributed by atoms with Gasteiger partial charge < -0.3 is 9.88 Å². The van der Waals surface area contributed by atoms with Gasteiger partial charge in [0.05, 0.1) is 42.3 Å². The highest BCUT2D eigenvalue weighted by Crippen LogP contribution is 2.19. The highest BCUT2D eigenvalue weighted by molar-refractivity contribution is 5.92. The molecule has 0 saturated heterocycles. The number of carbonyl (C=O) groups excluding carboxylic acids is 1. The van der Waals surface area contributed by atoms with E-state index in [1.807, 2.05) is 19.4 Å². The van der Waals surface area contributed by atoms with Gasteiger partial charge in [-0.25, -0.2) is 4.98 Å². The normalized spacial score (nSPS) is 11.2. The SMILES string of the molecule is Cc1cnn(CCNC(=O)c2cc(Cn3cnc4cc(C)c(C)cc43)[nH]n2)c1. The molecule has 3 heterocycles. The van der Waals surface area contributed by atoms with Gasteiger partial charge in [-0.05, 0) is 55.7 Å². The molecule has 4 rings (SSSR count). The minimum Gasteiger partial charge on any atom is -0.349 e. The van der Waals surface area contributed by atoms with Crippen LogP contribution in [0.3, 0.4) is 0 Å². The zero-order valence-corrected chi connectivity index (χ0v) is 16.2. The molecule has 0 fully saturated rings. The van der Waals surface area contributed by atoms with Gasteiger partial charge in [-0.3, -0.25) is 14.6 Å². The van der Waals surface area contributed by atoms with Gasteiger partial charge in [0.25, 0.3) is 5.91 Å². The highest BCUT2D eigenvalue weighted by atomic mass is 16.1. The average Bonchev–Trinajstić information content (AvgIpc) is 3.38. The van der Waals surface area contributed by atoms with Crippen LogP contribution in [0.1, 0.15) is 32.9 Å². The lowest BCUT2D eigenvalue weighted by atomic mass is 10.1. The summed E-state index contributed by atoms with van der Waals surface area (Å²) in [6, 6.07) is 6.01. The Balaban J connectivity index is 1.40. The van der Waals surface area contributed by atoms with Crippen LogP contribution < -0.4 is 5.32 Å². The van der Waals surface area contributed by atoms with Crippen LogP contribution in [-0.4, -0.2) is 42.0 Å². The molecule has 0 aliphatic heterocycles. The van der Waals surface area contributed by atoms with Crippen molar-refractivity contribution in [2.75, 3.05) is 6.54 Å². The molecule has 0 saturated carbocycles. The molecule has 4 aromatic rings. The Morgan fingerprint density at radius 3 is 2.79 bits per heavy atom. The minimum absolute atomic E-state index is 0.201. The maximum absolute atomic E-state index is 12.3. The number of aromatic amines is 1.